The van der Waals surface area contributed by atoms with Crippen molar-refractivity contribution in [2.24, 2.45) is 5.73 Å². The zero-order valence-electron chi connectivity index (χ0n) is 17.3. The van der Waals surface area contributed by atoms with E-state index in [0.717, 1.165) is 65.4 Å². The standard InChI is InChI=1S/C24H25N5OS/c25-13-17-1-5-19(6-2-17)21-16-31-22-14-26-24(28-23(21)22)27-20-7-3-18(4-8-20)15-29-9-11-30-12-10-29/h1-8,14,16H,9-13,15,25H2,(H,26,27,28). The fraction of sp³-hybridized carbons (Fsp3) is 0.250. The summed E-state index contributed by atoms with van der Waals surface area (Å²) in [5, 5.41) is 5.49. The Labute approximate surface area is 185 Å². The molecule has 0 amide bonds. The first-order chi connectivity index (χ1) is 15.3. The van der Waals surface area contributed by atoms with E-state index >= 15 is 0 Å². The van der Waals surface area contributed by atoms with Gasteiger partial charge in [0, 0.05) is 42.8 Å². The van der Waals surface area contributed by atoms with Gasteiger partial charge >= 0.3 is 0 Å². The third kappa shape index (κ3) is 4.60. The van der Waals surface area contributed by atoms with Crippen molar-refractivity contribution in [1.82, 2.24) is 14.9 Å². The first kappa shape index (κ1) is 20.1. The Morgan fingerprint density at radius 2 is 1.74 bits per heavy atom. The Morgan fingerprint density at radius 3 is 2.48 bits per heavy atom. The monoisotopic (exact) mass is 431 g/mol. The molecule has 5 rings (SSSR count). The van der Waals surface area contributed by atoms with E-state index in [2.05, 4.69) is 69.1 Å². The molecule has 0 spiro atoms. The summed E-state index contributed by atoms with van der Waals surface area (Å²) in [4.78, 5) is 11.7. The molecule has 31 heavy (non-hydrogen) atoms. The van der Waals surface area contributed by atoms with Gasteiger partial charge in [-0.15, -0.1) is 11.3 Å². The lowest BCUT2D eigenvalue weighted by molar-refractivity contribution is 0.0342. The highest BCUT2D eigenvalue weighted by Gasteiger charge is 2.12. The summed E-state index contributed by atoms with van der Waals surface area (Å²) >= 11 is 1.66. The minimum atomic E-state index is 0.548. The second kappa shape index (κ2) is 9.11. The number of hydrogen-bond donors (Lipinski definition) is 2. The van der Waals surface area contributed by atoms with Crippen LogP contribution in [0.2, 0.25) is 0 Å². The number of nitrogens with zero attached hydrogens (tertiary/aromatic N) is 3. The van der Waals surface area contributed by atoms with Gasteiger partial charge in [0.15, 0.2) is 0 Å². The van der Waals surface area contributed by atoms with Crippen LogP contribution in [0.5, 0.6) is 0 Å². The highest BCUT2D eigenvalue weighted by molar-refractivity contribution is 7.17. The van der Waals surface area contributed by atoms with E-state index in [-0.39, 0.29) is 0 Å². The number of hydrogen-bond acceptors (Lipinski definition) is 7. The molecule has 0 saturated carbocycles. The van der Waals surface area contributed by atoms with Crippen LogP contribution in [0, 0.1) is 0 Å². The molecule has 7 heteroatoms. The Morgan fingerprint density at radius 1 is 1.00 bits per heavy atom. The minimum absolute atomic E-state index is 0.548. The number of nitrogens with one attached hydrogen (secondary N) is 1. The normalized spacial score (nSPS) is 14.7. The Balaban J connectivity index is 1.33. The van der Waals surface area contributed by atoms with Crippen molar-refractivity contribution < 1.29 is 4.74 Å². The lowest BCUT2D eigenvalue weighted by atomic mass is 10.1. The van der Waals surface area contributed by atoms with E-state index in [4.69, 9.17) is 15.5 Å². The molecule has 0 aliphatic carbocycles. The molecule has 2 aromatic carbocycles. The third-order valence-electron chi connectivity index (χ3n) is 5.53. The van der Waals surface area contributed by atoms with E-state index in [9.17, 15) is 0 Å². The smallest absolute Gasteiger partial charge is 0.227 e. The molecule has 3 heterocycles. The quantitative estimate of drug-likeness (QED) is 0.471. The molecule has 3 N–H and O–H groups in total. The minimum Gasteiger partial charge on any atom is -0.379 e. The van der Waals surface area contributed by atoms with Gasteiger partial charge < -0.3 is 15.8 Å². The summed E-state index contributed by atoms with van der Waals surface area (Å²) in [6.07, 6.45) is 1.89. The SMILES string of the molecule is NCc1ccc(-c2csc3cnc(Nc4ccc(CN5CCOCC5)cc4)nc23)cc1. The lowest BCUT2D eigenvalue weighted by Gasteiger charge is -2.26. The molecule has 4 aromatic rings. The van der Waals surface area contributed by atoms with Gasteiger partial charge in [0.1, 0.15) is 0 Å². The van der Waals surface area contributed by atoms with E-state index in [1.54, 1.807) is 11.3 Å². The van der Waals surface area contributed by atoms with Crippen LogP contribution in [-0.2, 0) is 17.8 Å². The Kier molecular flexibility index (Phi) is 5.90. The van der Waals surface area contributed by atoms with Crippen molar-refractivity contribution in [1.29, 1.82) is 0 Å². The van der Waals surface area contributed by atoms with Crippen LogP contribution >= 0.6 is 11.3 Å². The molecule has 1 aliphatic rings. The maximum Gasteiger partial charge on any atom is 0.227 e. The van der Waals surface area contributed by atoms with Gasteiger partial charge in [-0.05, 0) is 28.8 Å². The Hall–Kier alpha value is -2.84. The van der Waals surface area contributed by atoms with Gasteiger partial charge in [-0.3, -0.25) is 4.90 Å². The fourth-order valence-corrected chi connectivity index (χ4v) is 4.63. The summed E-state index contributed by atoms with van der Waals surface area (Å²) in [7, 11) is 0. The molecular weight excluding hydrogens is 406 g/mol. The van der Waals surface area contributed by atoms with Crippen molar-refractivity contribution in [2.75, 3.05) is 31.6 Å². The predicted molar refractivity (Wildman–Crippen MR) is 127 cm³/mol. The van der Waals surface area contributed by atoms with E-state index in [1.165, 1.54) is 5.56 Å². The topological polar surface area (TPSA) is 76.3 Å². The maximum absolute atomic E-state index is 5.72. The maximum atomic E-state index is 5.72. The van der Waals surface area contributed by atoms with Gasteiger partial charge in [-0.2, -0.15) is 0 Å². The van der Waals surface area contributed by atoms with Crippen LogP contribution < -0.4 is 11.1 Å². The largest absolute Gasteiger partial charge is 0.379 e. The molecule has 0 bridgehead atoms. The zero-order valence-corrected chi connectivity index (χ0v) is 18.1. The summed E-state index contributed by atoms with van der Waals surface area (Å²) in [5.41, 5.74) is 12.3. The molecule has 6 nitrogen and oxygen atoms in total. The average Bonchev–Trinajstić information content (AvgIpc) is 3.24. The average molecular weight is 432 g/mol. The molecule has 2 aromatic heterocycles. The summed E-state index contributed by atoms with van der Waals surface area (Å²) in [5.74, 6) is 0.603. The number of ether oxygens (including phenoxy) is 1. The highest BCUT2D eigenvalue weighted by atomic mass is 32.1. The second-order valence-corrected chi connectivity index (χ2v) is 8.58. The van der Waals surface area contributed by atoms with Gasteiger partial charge in [-0.1, -0.05) is 36.4 Å². The molecule has 1 fully saturated rings. The number of nitrogens with two attached hydrogens (primary N) is 1. The third-order valence-corrected chi connectivity index (χ3v) is 6.44. The number of fused-ring (bicyclic) bond motifs is 1. The fourth-order valence-electron chi connectivity index (χ4n) is 3.75. The summed E-state index contributed by atoms with van der Waals surface area (Å²) in [6, 6.07) is 16.8. The van der Waals surface area contributed by atoms with Crippen LogP contribution in [0.25, 0.3) is 21.3 Å². The molecule has 0 unspecified atom stereocenters. The molecule has 0 radical (unpaired) electrons. The van der Waals surface area contributed by atoms with Crippen LogP contribution in [0.3, 0.4) is 0 Å². The second-order valence-electron chi connectivity index (χ2n) is 7.67. The number of morpholine rings is 1. The van der Waals surface area contributed by atoms with E-state index in [1.807, 2.05) is 6.20 Å². The van der Waals surface area contributed by atoms with E-state index < -0.39 is 0 Å². The number of aromatic nitrogens is 2. The van der Waals surface area contributed by atoms with Gasteiger partial charge in [0.25, 0.3) is 0 Å². The summed E-state index contributed by atoms with van der Waals surface area (Å²) in [6.45, 7) is 5.12. The highest BCUT2D eigenvalue weighted by Crippen LogP contribution is 2.33. The number of thiophene rings is 1. The van der Waals surface area contributed by atoms with Crippen molar-refractivity contribution in [2.45, 2.75) is 13.1 Å². The number of rotatable bonds is 6. The van der Waals surface area contributed by atoms with Gasteiger partial charge in [-0.25, -0.2) is 9.97 Å². The first-order valence-electron chi connectivity index (χ1n) is 10.5. The van der Waals surface area contributed by atoms with Crippen LogP contribution in [0.4, 0.5) is 11.6 Å². The molecular formula is C24H25N5OS. The van der Waals surface area contributed by atoms with Gasteiger partial charge in [0.05, 0.1) is 29.6 Å². The van der Waals surface area contributed by atoms with Crippen molar-refractivity contribution in [3.8, 4) is 11.1 Å². The number of benzene rings is 2. The predicted octanol–water partition coefficient (Wildman–Crippen LogP) is 4.39. The van der Waals surface area contributed by atoms with Crippen LogP contribution in [0.1, 0.15) is 11.1 Å². The first-order valence-corrected chi connectivity index (χ1v) is 11.4. The molecule has 1 saturated heterocycles. The number of anilines is 2. The summed E-state index contributed by atoms with van der Waals surface area (Å²) < 4.78 is 6.50. The van der Waals surface area contributed by atoms with Crippen molar-refractivity contribution >= 4 is 33.2 Å². The van der Waals surface area contributed by atoms with Crippen molar-refractivity contribution in [3.05, 3.63) is 71.2 Å². The molecule has 1 aliphatic heterocycles. The van der Waals surface area contributed by atoms with Crippen LogP contribution in [0.15, 0.2) is 60.1 Å². The molecule has 158 valence electrons. The van der Waals surface area contributed by atoms with Gasteiger partial charge in [0.2, 0.25) is 5.95 Å². The van der Waals surface area contributed by atoms with Crippen molar-refractivity contribution in [3.63, 3.8) is 0 Å². The molecule has 0 atom stereocenters. The van der Waals surface area contributed by atoms with Crippen LogP contribution in [-0.4, -0.2) is 41.2 Å². The Bertz CT molecular complexity index is 1150. The zero-order chi connectivity index (χ0) is 21.0. The lowest BCUT2D eigenvalue weighted by Crippen LogP contribution is -2.35. The van der Waals surface area contributed by atoms with E-state index in [0.29, 0.717) is 12.5 Å².